The lowest BCUT2D eigenvalue weighted by Gasteiger charge is -2.17. The highest BCUT2D eigenvalue weighted by atomic mass is 35.5. The fourth-order valence-electron chi connectivity index (χ4n) is 3.71. The van der Waals surface area contributed by atoms with E-state index in [0.717, 1.165) is 47.3 Å². The first kappa shape index (κ1) is 19.9. The minimum absolute atomic E-state index is 0.196. The number of hydrogen-bond acceptors (Lipinski definition) is 5. The van der Waals surface area contributed by atoms with Crippen LogP contribution in [0.15, 0.2) is 48.0 Å². The van der Waals surface area contributed by atoms with Gasteiger partial charge in [-0.15, -0.1) is 11.3 Å². The van der Waals surface area contributed by atoms with Gasteiger partial charge < -0.3 is 10.2 Å². The molecule has 1 fully saturated rings. The van der Waals surface area contributed by atoms with Crippen molar-refractivity contribution in [3.8, 4) is 0 Å². The van der Waals surface area contributed by atoms with Crippen LogP contribution in [-0.2, 0) is 11.2 Å². The average molecular weight is 427 g/mol. The van der Waals surface area contributed by atoms with Crippen molar-refractivity contribution in [2.45, 2.75) is 32.1 Å². The number of anilines is 2. The van der Waals surface area contributed by atoms with Gasteiger partial charge in [-0.1, -0.05) is 23.7 Å². The highest BCUT2D eigenvalue weighted by Crippen LogP contribution is 2.29. The number of benzene rings is 1. The SMILES string of the molecule is Cc1cc(Nc2nccs2)cc([C@H]2CCN(C(=O)CCc3cccc(Cl)c3)C2)n1. The third kappa shape index (κ3) is 5.14. The summed E-state index contributed by atoms with van der Waals surface area (Å²) in [4.78, 5) is 23.7. The summed E-state index contributed by atoms with van der Waals surface area (Å²) in [5.74, 6) is 0.461. The molecule has 1 aliphatic heterocycles. The molecule has 1 aromatic carbocycles. The van der Waals surface area contributed by atoms with Crippen LogP contribution in [0.25, 0.3) is 0 Å². The molecular formula is C22H23ClN4OS. The Bertz CT molecular complexity index is 992. The van der Waals surface area contributed by atoms with Crippen molar-refractivity contribution in [2.24, 2.45) is 0 Å². The molecule has 0 spiro atoms. The molecule has 1 atom stereocenters. The van der Waals surface area contributed by atoms with E-state index in [0.29, 0.717) is 17.9 Å². The standard InChI is InChI=1S/C22H23ClN4OS/c1-15-11-19(26-22-24-8-10-29-22)13-20(25-15)17-7-9-27(14-17)21(28)6-5-16-3-2-4-18(23)12-16/h2-4,8,10-13,17H,5-7,9,14H2,1H3,(H,24,25,26)/t17-/m0/s1. The minimum Gasteiger partial charge on any atom is -0.342 e. The number of thiazole rings is 1. The van der Waals surface area contributed by atoms with Crippen molar-refractivity contribution in [3.05, 3.63) is 69.9 Å². The number of nitrogens with one attached hydrogen (secondary N) is 1. The van der Waals surface area contributed by atoms with Crippen molar-refractivity contribution in [1.29, 1.82) is 0 Å². The molecule has 0 unspecified atom stereocenters. The van der Waals surface area contributed by atoms with Gasteiger partial charge in [0, 0.05) is 59.1 Å². The summed E-state index contributed by atoms with van der Waals surface area (Å²) in [5, 5.41) is 6.87. The number of nitrogens with zero attached hydrogens (tertiary/aromatic N) is 3. The summed E-state index contributed by atoms with van der Waals surface area (Å²) in [6.45, 7) is 3.50. The molecule has 29 heavy (non-hydrogen) atoms. The van der Waals surface area contributed by atoms with Crippen molar-refractivity contribution >= 4 is 39.7 Å². The number of carbonyl (C=O) groups is 1. The Kier molecular flexibility index (Phi) is 6.11. The van der Waals surface area contributed by atoms with Crippen LogP contribution in [-0.4, -0.2) is 33.9 Å². The summed E-state index contributed by atoms with van der Waals surface area (Å²) < 4.78 is 0. The first-order valence-corrected chi connectivity index (χ1v) is 11.0. The Morgan fingerprint density at radius 1 is 1.34 bits per heavy atom. The van der Waals surface area contributed by atoms with Gasteiger partial charge in [-0.25, -0.2) is 4.98 Å². The van der Waals surface area contributed by atoms with Gasteiger partial charge in [0.25, 0.3) is 0 Å². The number of halogens is 1. The highest BCUT2D eigenvalue weighted by molar-refractivity contribution is 7.13. The molecule has 0 saturated carbocycles. The topological polar surface area (TPSA) is 58.1 Å². The van der Waals surface area contributed by atoms with E-state index in [1.807, 2.05) is 47.5 Å². The lowest BCUT2D eigenvalue weighted by Crippen LogP contribution is -2.28. The van der Waals surface area contributed by atoms with Crippen LogP contribution in [0.2, 0.25) is 5.02 Å². The Labute approximate surface area is 179 Å². The molecule has 7 heteroatoms. The summed E-state index contributed by atoms with van der Waals surface area (Å²) in [7, 11) is 0. The van der Waals surface area contributed by atoms with E-state index >= 15 is 0 Å². The van der Waals surface area contributed by atoms with E-state index in [1.165, 1.54) is 0 Å². The van der Waals surface area contributed by atoms with E-state index in [1.54, 1.807) is 17.5 Å². The number of hydrogen-bond donors (Lipinski definition) is 1. The first-order valence-electron chi connectivity index (χ1n) is 9.74. The predicted octanol–water partition coefficient (Wildman–Crippen LogP) is 5.19. The molecule has 1 N–H and O–H groups in total. The molecule has 3 heterocycles. The Morgan fingerprint density at radius 2 is 2.24 bits per heavy atom. The van der Waals surface area contributed by atoms with Gasteiger partial charge >= 0.3 is 0 Å². The van der Waals surface area contributed by atoms with Gasteiger partial charge in [-0.2, -0.15) is 0 Å². The maximum atomic E-state index is 12.7. The van der Waals surface area contributed by atoms with E-state index in [2.05, 4.69) is 16.4 Å². The van der Waals surface area contributed by atoms with Gasteiger partial charge in [0.15, 0.2) is 5.13 Å². The van der Waals surface area contributed by atoms with Crippen molar-refractivity contribution in [3.63, 3.8) is 0 Å². The van der Waals surface area contributed by atoms with Gasteiger partial charge in [0.05, 0.1) is 0 Å². The molecule has 1 saturated heterocycles. The number of rotatable bonds is 6. The van der Waals surface area contributed by atoms with Crippen LogP contribution in [0, 0.1) is 6.92 Å². The minimum atomic E-state index is 0.196. The molecule has 1 aliphatic rings. The molecule has 0 bridgehead atoms. The fraction of sp³-hybridized carbons (Fsp3) is 0.318. The maximum absolute atomic E-state index is 12.7. The number of aromatic nitrogens is 2. The number of amides is 1. The fourth-order valence-corrected chi connectivity index (χ4v) is 4.48. The van der Waals surface area contributed by atoms with Crippen LogP contribution in [0.1, 0.15) is 35.7 Å². The largest absolute Gasteiger partial charge is 0.342 e. The van der Waals surface area contributed by atoms with Gasteiger partial charge in [-0.3, -0.25) is 9.78 Å². The third-order valence-corrected chi connectivity index (χ3v) is 6.06. The molecule has 1 amide bonds. The Hall–Kier alpha value is -2.44. The molecule has 0 radical (unpaired) electrons. The Morgan fingerprint density at radius 3 is 3.03 bits per heavy atom. The predicted molar refractivity (Wildman–Crippen MR) is 118 cm³/mol. The molecule has 5 nitrogen and oxygen atoms in total. The zero-order valence-corrected chi connectivity index (χ0v) is 17.8. The lowest BCUT2D eigenvalue weighted by molar-refractivity contribution is -0.130. The summed E-state index contributed by atoms with van der Waals surface area (Å²) in [5.41, 5.74) is 4.09. The van der Waals surface area contributed by atoms with Gasteiger partial charge in [0.2, 0.25) is 5.91 Å². The van der Waals surface area contributed by atoms with Crippen LogP contribution in [0.3, 0.4) is 0 Å². The van der Waals surface area contributed by atoms with E-state index in [4.69, 9.17) is 16.6 Å². The molecule has 3 aromatic rings. The normalized spacial score (nSPS) is 16.2. The summed E-state index contributed by atoms with van der Waals surface area (Å²) in [6, 6.07) is 11.8. The molecule has 2 aromatic heterocycles. The second kappa shape index (κ2) is 8.93. The monoisotopic (exact) mass is 426 g/mol. The average Bonchev–Trinajstić information content (AvgIpc) is 3.38. The molecular weight excluding hydrogens is 404 g/mol. The number of likely N-dealkylation sites (tertiary alicyclic amines) is 1. The zero-order valence-electron chi connectivity index (χ0n) is 16.3. The van der Waals surface area contributed by atoms with Gasteiger partial charge in [-0.05, 0) is 49.6 Å². The summed E-state index contributed by atoms with van der Waals surface area (Å²) >= 11 is 7.60. The number of carbonyl (C=O) groups excluding carboxylic acids is 1. The van der Waals surface area contributed by atoms with Crippen LogP contribution in [0.4, 0.5) is 10.8 Å². The quantitative estimate of drug-likeness (QED) is 0.589. The number of pyridine rings is 1. The third-order valence-electron chi connectivity index (χ3n) is 5.13. The lowest BCUT2D eigenvalue weighted by atomic mass is 10.0. The zero-order chi connectivity index (χ0) is 20.2. The maximum Gasteiger partial charge on any atom is 0.222 e. The van der Waals surface area contributed by atoms with Crippen LogP contribution >= 0.6 is 22.9 Å². The van der Waals surface area contributed by atoms with Crippen LogP contribution < -0.4 is 5.32 Å². The second-order valence-electron chi connectivity index (χ2n) is 7.34. The van der Waals surface area contributed by atoms with E-state index in [9.17, 15) is 4.79 Å². The van der Waals surface area contributed by atoms with E-state index in [-0.39, 0.29) is 11.8 Å². The first-order chi connectivity index (χ1) is 14.1. The Balaban J connectivity index is 1.37. The molecule has 4 rings (SSSR count). The molecule has 150 valence electrons. The number of aryl methyl sites for hydroxylation is 2. The van der Waals surface area contributed by atoms with Crippen molar-refractivity contribution in [2.75, 3.05) is 18.4 Å². The highest BCUT2D eigenvalue weighted by Gasteiger charge is 2.28. The second-order valence-corrected chi connectivity index (χ2v) is 8.67. The smallest absolute Gasteiger partial charge is 0.222 e. The van der Waals surface area contributed by atoms with Gasteiger partial charge in [0.1, 0.15) is 0 Å². The van der Waals surface area contributed by atoms with Crippen molar-refractivity contribution in [1.82, 2.24) is 14.9 Å². The van der Waals surface area contributed by atoms with Crippen molar-refractivity contribution < 1.29 is 4.79 Å². The summed E-state index contributed by atoms with van der Waals surface area (Å²) in [6.07, 6.45) is 3.94. The molecule has 0 aliphatic carbocycles. The van der Waals surface area contributed by atoms with Crippen LogP contribution in [0.5, 0.6) is 0 Å². The van der Waals surface area contributed by atoms with E-state index < -0.39 is 0 Å².